The van der Waals surface area contributed by atoms with E-state index in [1.807, 2.05) is 26.1 Å². The second kappa shape index (κ2) is 11.4. The largest absolute Gasteiger partial charge is 0.461 e. The van der Waals surface area contributed by atoms with Crippen LogP contribution in [0.25, 0.3) is 10.8 Å². The monoisotopic (exact) mass is 559 g/mol. The highest BCUT2D eigenvalue weighted by Crippen LogP contribution is 2.40. The molecule has 7 nitrogen and oxygen atoms in total. The third-order valence-electron chi connectivity index (χ3n) is 8.88. The molecular formula is C32H38ClN5O2. The van der Waals surface area contributed by atoms with Crippen molar-refractivity contribution in [1.29, 1.82) is 0 Å². The van der Waals surface area contributed by atoms with Crippen LogP contribution in [0.1, 0.15) is 50.3 Å². The van der Waals surface area contributed by atoms with Crippen LogP contribution in [0.4, 0.5) is 11.5 Å². The first-order valence-corrected chi connectivity index (χ1v) is 14.9. The van der Waals surface area contributed by atoms with E-state index in [1.54, 1.807) is 12.2 Å². The van der Waals surface area contributed by atoms with E-state index in [9.17, 15) is 4.79 Å². The van der Waals surface area contributed by atoms with Crippen LogP contribution in [-0.4, -0.2) is 66.0 Å². The zero-order valence-electron chi connectivity index (χ0n) is 23.5. The van der Waals surface area contributed by atoms with Gasteiger partial charge in [-0.1, -0.05) is 41.9 Å². The van der Waals surface area contributed by atoms with Crippen LogP contribution in [0.5, 0.6) is 6.01 Å². The van der Waals surface area contributed by atoms with Crippen LogP contribution in [0, 0.1) is 0 Å². The lowest BCUT2D eigenvalue weighted by atomic mass is 9.95. The Labute approximate surface area is 241 Å². The summed E-state index contributed by atoms with van der Waals surface area (Å²) < 4.78 is 6.44. The van der Waals surface area contributed by atoms with E-state index in [2.05, 4.69) is 39.0 Å². The van der Waals surface area contributed by atoms with Gasteiger partial charge < -0.3 is 14.5 Å². The Balaban J connectivity index is 1.31. The van der Waals surface area contributed by atoms with Crippen molar-refractivity contribution in [3.63, 3.8) is 0 Å². The van der Waals surface area contributed by atoms with Crippen molar-refractivity contribution in [1.82, 2.24) is 14.9 Å². The van der Waals surface area contributed by atoms with Gasteiger partial charge in [0.2, 0.25) is 0 Å². The second-order valence-electron chi connectivity index (χ2n) is 11.4. The predicted octanol–water partition coefficient (Wildman–Crippen LogP) is 5.82. The Bertz CT molecular complexity index is 1430. The van der Waals surface area contributed by atoms with Crippen molar-refractivity contribution in [3.05, 3.63) is 64.8 Å². The number of fused-ring (bicyclic) bond motifs is 3. The maximum absolute atomic E-state index is 12.2. The Hall–Kier alpha value is -3.16. The number of hydrogen-bond donors (Lipinski definition) is 0. The molecule has 210 valence electrons. The van der Waals surface area contributed by atoms with Crippen molar-refractivity contribution < 1.29 is 9.53 Å². The normalized spacial score (nSPS) is 18.3. The number of rotatable bonds is 9. The highest BCUT2D eigenvalue weighted by molar-refractivity contribution is 6.36. The highest BCUT2D eigenvalue weighted by atomic mass is 35.5. The molecular weight excluding hydrogens is 522 g/mol. The molecule has 0 N–H and O–H groups in total. The lowest BCUT2D eigenvalue weighted by Crippen LogP contribution is -2.43. The molecule has 0 spiro atoms. The summed E-state index contributed by atoms with van der Waals surface area (Å²) in [6.45, 7) is 6.88. The van der Waals surface area contributed by atoms with E-state index in [0.717, 1.165) is 64.6 Å². The average molecular weight is 560 g/mol. The van der Waals surface area contributed by atoms with Gasteiger partial charge in [-0.2, -0.15) is 9.97 Å². The molecule has 40 heavy (non-hydrogen) atoms. The van der Waals surface area contributed by atoms with Gasteiger partial charge in [0.25, 0.3) is 0 Å². The lowest BCUT2D eigenvalue weighted by Gasteiger charge is -2.34. The highest BCUT2D eigenvalue weighted by Gasteiger charge is 2.45. The molecule has 1 aromatic heterocycles. The van der Waals surface area contributed by atoms with Crippen molar-refractivity contribution in [3.8, 4) is 6.01 Å². The fourth-order valence-corrected chi connectivity index (χ4v) is 7.11. The molecule has 0 atom stereocenters. The molecule has 3 aliphatic heterocycles. The summed E-state index contributed by atoms with van der Waals surface area (Å²) in [4.78, 5) is 29.2. The Morgan fingerprint density at radius 3 is 2.67 bits per heavy atom. The molecule has 2 saturated heterocycles. The SMILES string of the molecule is C/C=C/C(=O)CCN(C)c1nc(OCC23CCCN2CCC3)nc2c1CCN(c1cccc3cccc(Cl)c13)C2. The smallest absolute Gasteiger partial charge is 0.318 e. The van der Waals surface area contributed by atoms with Crippen molar-refractivity contribution in [2.75, 3.05) is 49.6 Å². The summed E-state index contributed by atoms with van der Waals surface area (Å²) in [5.74, 6) is 0.991. The number of anilines is 2. The summed E-state index contributed by atoms with van der Waals surface area (Å²) in [5, 5.41) is 2.96. The minimum Gasteiger partial charge on any atom is -0.461 e. The van der Waals surface area contributed by atoms with Crippen LogP contribution in [0.15, 0.2) is 48.6 Å². The summed E-state index contributed by atoms with van der Waals surface area (Å²) >= 11 is 6.69. The average Bonchev–Trinajstić information content (AvgIpc) is 3.55. The van der Waals surface area contributed by atoms with Gasteiger partial charge in [-0.15, -0.1) is 0 Å². The maximum Gasteiger partial charge on any atom is 0.318 e. The van der Waals surface area contributed by atoms with Gasteiger partial charge in [0.05, 0.1) is 22.8 Å². The fourth-order valence-electron chi connectivity index (χ4n) is 6.83. The summed E-state index contributed by atoms with van der Waals surface area (Å²) in [6.07, 6.45) is 9.48. The van der Waals surface area contributed by atoms with Gasteiger partial charge in [0, 0.05) is 43.2 Å². The van der Waals surface area contributed by atoms with Gasteiger partial charge >= 0.3 is 6.01 Å². The van der Waals surface area contributed by atoms with Crippen molar-refractivity contribution in [2.24, 2.45) is 0 Å². The molecule has 0 amide bonds. The Morgan fingerprint density at radius 2 is 1.90 bits per heavy atom. The first-order chi connectivity index (χ1) is 19.5. The standard InChI is InChI=1S/C32H38ClN5O2/c1-3-8-24(39)13-19-36(2)30-25-14-20-37(28-12-5-10-23-9-4-11-26(33)29(23)28)21-27(25)34-31(35-30)40-22-32-15-6-17-38(32)18-7-16-32/h3-5,8-12H,6-7,13-22H2,1-2H3/b8-3+. The number of hydrogen-bond acceptors (Lipinski definition) is 7. The van der Waals surface area contributed by atoms with E-state index in [1.165, 1.54) is 25.7 Å². The number of ether oxygens (including phenoxy) is 1. The van der Waals surface area contributed by atoms with E-state index in [4.69, 9.17) is 26.3 Å². The number of allylic oxidation sites excluding steroid dienone is 2. The Morgan fingerprint density at radius 1 is 1.12 bits per heavy atom. The minimum absolute atomic E-state index is 0.120. The zero-order chi connectivity index (χ0) is 27.7. The van der Waals surface area contributed by atoms with Gasteiger partial charge in [-0.25, -0.2) is 0 Å². The van der Waals surface area contributed by atoms with E-state index in [0.29, 0.717) is 32.1 Å². The van der Waals surface area contributed by atoms with Crippen LogP contribution < -0.4 is 14.5 Å². The third kappa shape index (κ3) is 5.17. The molecule has 4 heterocycles. The first-order valence-electron chi connectivity index (χ1n) is 14.5. The van der Waals surface area contributed by atoms with Gasteiger partial charge in [-0.05, 0) is 75.7 Å². The molecule has 8 heteroatoms. The van der Waals surface area contributed by atoms with Crippen LogP contribution in [0.3, 0.4) is 0 Å². The van der Waals surface area contributed by atoms with Crippen LogP contribution in [0.2, 0.25) is 5.02 Å². The first kappa shape index (κ1) is 27.0. The van der Waals surface area contributed by atoms with Crippen LogP contribution >= 0.6 is 11.6 Å². The number of carbonyl (C=O) groups is 1. The fraction of sp³-hybridized carbons (Fsp3) is 0.469. The molecule has 0 unspecified atom stereocenters. The zero-order valence-corrected chi connectivity index (χ0v) is 24.3. The summed E-state index contributed by atoms with van der Waals surface area (Å²) in [6, 6.07) is 12.8. The second-order valence-corrected chi connectivity index (χ2v) is 11.8. The minimum atomic E-state index is 0.120. The molecule has 6 rings (SSSR count). The van der Waals surface area contributed by atoms with Crippen molar-refractivity contribution in [2.45, 2.75) is 57.5 Å². The molecule has 0 radical (unpaired) electrons. The number of benzene rings is 2. The number of nitrogens with zero attached hydrogens (tertiary/aromatic N) is 5. The molecule has 0 bridgehead atoms. The molecule has 2 aromatic carbocycles. The topological polar surface area (TPSA) is 61.8 Å². The van der Waals surface area contributed by atoms with E-state index >= 15 is 0 Å². The molecule has 0 aliphatic carbocycles. The molecule has 2 fully saturated rings. The number of ketones is 1. The molecule has 3 aromatic rings. The van der Waals surface area contributed by atoms with Gasteiger partial charge in [0.1, 0.15) is 12.4 Å². The number of aromatic nitrogens is 2. The summed E-state index contributed by atoms with van der Waals surface area (Å²) in [5.41, 5.74) is 3.36. The third-order valence-corrected chi connectivity index (χ3v) is 9.20. The van der Waals surface area contributed by atoms with Crippen molar-refractivity contribution >= 4 is 39.7 Å². The molecule has 0 saturated carbocycles. The Kier molecular flexibility index (Phi) is 7.69. The number of halogens is 1. The maximum atomic E-state index is 12.2. The lowest BCUT2D eigenvalue weighted by molar-refractivity contribution is -0.114. The number of carbonyl (C=O) groups excluding carboxylic acids is 1. The predicted molar refractivity (Wildman–Crippen MR) is 162 cm³/mol. The quantitative estimate of drug-likeness (QED) is 0.306. The van der Waals surface area contributed by atoms with Gasteiger partial charge in [0.15, 0.2) is 5.78 Å². The molecule has 3 aliphatic rings. The van der Waals surface area contributed by atoms with E-state index in [-0.39, 0.29) is 11.3 Å². The van der Waals surface area contributed by atoms with E-state index < -0.39 is 0 Å². The van der Waals surface area contributed by atoms with Gasteiger partial charge in [-0.3, -0.25) is 9.69 Å². The summed E-state index contributed by atoms with van der Waals surface area (Å²) in [7, 11) is 2.01. The van der Waals surface area contributed by atoms with Crippen LogP contribution in [-0.2, 0) is 17.8 Å².